The van der Waals surface area contributed by atoms with Gasteiger partial charge in [-0.05, 0) is 55.5 Å². The first-order valence-corrected chi connectivity index (χ1v) is 10.1. The highest BCUT2D eigenvalue weighted by Crippen LogP contribution is 2.28. The molecule has 1 heterocycles. The molecule has 2 aromatic carbocycles. The Balaban J connectivity index is 1.93. The number of hydrogen-bond donors (Lipinski definition) is 0. The quantitative estimate of drug-likeness (QED) is 0.651. The number of carbonyl (C=O) groups excluding carboxylic acids is 1. The van der Waals surface area contributed by atoms with Crippen molar-refractivity contribution in [1.29, 1.82) is 0 Å². The minimum atomic E-state index is -0.201. The summed E-state index contributed by atoms with van der Waals surface area (Å²) in [6, 6.07) is 12.7. The van der Waals surface area contributed by atoms with Crippen LogP contribution in [0.1, 0.15) is 12.5 Å². The van der Waals surface area contributed by atoms with Crippen molar-refractivity contribution in [3.63, 3.8) is 0 Å². The Morgan fingerprint density at radius 1 is 1.21 bits per heavy atom. The lowest BCUT2D eigenvalue weighted by Crippen LogP contribution is -2.33. The minimum absolute atomic E-state index is 0.171. The number of ether oxygens (including phenoxy) is 2. The Morgan fingerprint density at radius 2 is 1.96 bits per heavy atom. The van der Waals surface area contributed by atoms with Gasteiger partial charge in [-0.25, -0.2) is 0 Å². The molecule has 0 saturated heterocycles. The first-order valence-electron chi connectivity index (χ1n) is 8.72. The number of halogens is 1. The number of aliphatic imine (C=N–C) groups is 1. The van der Waals surface area contributed by atoms with E-state index in [-0.39, 0.29) is 11.9 Å². The van der Waals surface area contributed by atoms with Crippen LogP contribution in [0.25, 0.3) is 6.08 Å². The van der Waals surface area contributed by atoms with Crippen molar-refractivity contribution in [3.8, 4) is 11.5 Å². The number of rotatable bonds is 5. The van der Waals surface area contributed by atoms with E-state index in [0.717, 1.165) is 17.0 Å². The van der Waals surface area contributed by atoms with Crippen molar-refractivity contribution < 1.29 is 14.3 Å². The molecule has 0 radical (unpaired) electrons. The second-order valence-electron chi connectivity index (χ2n) is 6.16. The van der Waals surface area contributed by atoms with E-state index >= 15 is 0 Å². The van der Waals surface area contributed by atoms with E-state index in [1.807, 2.05) is 31.2 Å². The Kier molecular flexibility index (Phi) is 6.65. The van der Waals surface area contributed by atoms with Gasteiger partial charge in [-0.1, -0.05) is 23.4 Å². The standard InChI is InChI=1S/C21H21ClN2O3S/c1-14-13-28-21(23-14)24(17-7-5-16(22)6-8-17)20(25)11-4-15-12-18(26-2)9-10-19(15)27-3/h4-12,14H,13H2,1-3H3/b11-4+/t14-/m0/s1. The van der Waals surface area contributed by atoms with Crippen LogP contribution < -0.4 is 14.4 Å². The number of benzene rings is 2. The monoisotopic (exact) mass is 416 g/mol. The summed E-state index contributed by atoms with van der Waals surface area (Å²) in [6.45, 7) is 2.03. The van der Waals surface area contributed by atoms with Crippen LogP contribution in [-0.4, -0.2) is 37.1 Å². The molecule has 146 valence electrons. The number of amidine groups is 1. The van der Waals surface area contributed by atoms with Crippen LogP contribution in [0.15, 0.2) is 53.5 Å². The van der Waals surface area contributed by atoms with E-state index in [2.05, 4.69) is 4.99 Å². The van der Waals surface area contributed by atoms with E-state index in [0.29, 0.717) is 21.7 Å². The van der Waals surface area contributed by atoms with Gasteiger partial charge in [-0.2, -0.15) is 0 Å². The molecule has 7 heteroatoms. The first-order chi connectivity index (χ1) is 13.5. The number of amides is 1. The predicted molar refractivity (Wildman–Crippen MR) is 117 cm³/mol. The molecular weight excluding hydrogens is 396 g/mol. The highest BCUT2D eigenvalue weighted by molar-refractivity contribution is 8.14. The molecule has 0 bridgehead atoms. The summed E-state index contributed by atoms with van der Waals surface area (Å²) >= 11 is 7.57. The molecular formula is C21H21ClN2O3S. The fraction of sp³-hybridized carbons (Fsp3) is 0.238. The zero-order chi connectivity index (χ0) is 20.1. The van der Waals surface area contributed by atoms with Gasteiger partial charge >= 0.3 is 0 Å². The van der Waals surface area contributed by atoms with Crippen LogP contribution in [0, 0.1) is 0 Å². The Hall–Kier alpha value is -2.44. The number of anilines is 1. The smallest absolute Gasteiger partial charge is 0.257 e. The van der Waals surface area contributed by atoms with Gasteiger partial charge in [-0.3, -0.25) is 14.7 Å². The van der Waals surface area contributed by atoms with Crippen molar-refractivity contribution in [3.05, 3.63) is 59.1 Å². The van der Waals surface area contributed by atoms with Gasteiger partial charge in [0, 0.05) is 22.4 Å². The zero-order valence-electron chi connectivity index (χ0n) is 15.9. The summed E-state index contributed by atoms with van der Waals surface area (Å²) in [7, 11) is 3.19. The molecule has 0 unspecified atom stereocenters. The third-order valence-electron chi connectivity index (χ3n) is 4.12. The van der Waals surface area contributed by atoms with Gasteiger partial charge < -0.3 is 9.47 Å². The van der Waals surface area contributed by atoms with E-state index in [4.69, 9.17) is 21.1 Å². The van der Waals surface area contributed by atoms with E-state index in [1.54, 1.807) is 55.2 Å². The summed E-state index contributed by atoms with van der Waals surface area (Å²) in [6.07, 6.45) is 3.23. The molecule has 0 aromatic heterocycles. The molecule has 5 nitrogen and oxygen atoms in total. The van der Waals surface area contributed by atoms with Crippen molar-refractivity contribution in [2.75, 3.05) is 24.9 Å². The second kappa shape index (κ2) is 9.17. The SMILES string of the molecule is COc1ccc(OC)c(/C=C/C(=O)N(C2=N[C@@H](C)CS2)c2ccc(Cl)cc2)c1. The fourth-order valence-corrected chi connectivity index (χ4v) is 3.88. The first kappa shape index (κ1) is 20.3. The van der Waals surface area contributed by atoms with Crippen molar-refractivity contribution in [2.24, 2.45) is 4.99 Å². The van der Waals surface area contributed by atoms with Gasteiger partial charge in [0.05, 0.1) is 25.9 Å². The summed E-state index contributed by atoms with van der Waals surface area (Å²) < 4.78 is 10.6. The summed E-state index contributed by atoms with van der Waals surface area (Å²) in [5, 5.41) is 1.30. The minimum Gasteiger partial charge on any atom is -0.497 e. The Bertz CT molecular complexity index is 912. The zero-order valence-corrected chi connectivity index (χ0v) is 17.5. The molecule has 1 aliphatic rings. The highest BCUT2D eigenvalue weighted by Gasteiger charge is 2.25. The van der Waals surface area contributed by atoms with Crippen LogP contribution >= 0.6 is 23.4 Å². The molecule has 1 atom stereocenters. The van der Waals surface area contributed by atoms with E-state index in [9.17, 15) is 4.79 Å². The summed E-state index contributed by atoms with van der Waals surface area (Å²) in [4.78, 5) is 19.3. The van der Waals surface area contributed by atoms with Crippen molar-refractivity contribution in [1.82, 2.24) is 0 Å². The van der Waals surface area contributed by atoms with Gasteiger partial charge in [0.2, 0.25) is 0 Å². The van der Waals surface area contributed by atoms with Gasteiger partial charge in [-0.15, -0.1) is 0 Å². The lowest BCUT2D eigenvalue weighted by molar-refractivity contribution is -0.113. The van der Waals surface area contributed by atoms with Crippen molar-refractivity contribution in [2.45, 2.75) is 13.0 Å². The second-order valence-corrected chi connectivity index (χ2v) is 7.59. The largest absolute Gasteiger partial charge is 0.497 e. The lowest BCUT2D eigenvalue weighted by Gasteiger charge is -2.20. The number of hydrogen-bond acceptors (Lipinski definition) is 5. The van der Waals surface area contributed by atoms with Gasteiger partial charge in [0.1, 0.15) is 11.5 Å². The molecule has 1 aliphatic heterocycles. The van der Waals surface area contributed by atoms with Crippen LogP contribution in [0.2, 0.25) is 5.02 Å². The lowest BCUT2D eigenvalue weighted by atomic mass is 10.1. The third-order valence-corrected chi connectivity index (χ3v) is 5.57. The van der Waals surface area contributed by atoms with E-state index < -0.39 is 0 Å². The van der Waals surface area contributed by atoms with Crippen LogP contribution in [0.4, 0.5) is 5.69 Å². The van der Waals surface area contributed by atoms with Gasteiger partial charge in [0.25, 0.3) is 5.91 Å². The highest BCUT2D eigenvalue weighted by atomic mass is 35.5. The number of nitrogens with zero attached hydrogens (tertiary/aromatic N) is 2. The molecule has 0 spiro atoms. The number of thioether (sulfide) groups is 1. The fourth-order valence-electron chi connectivity index (χ4n) is 2.71. The molecule has 28 heavy (non-hydrogen) atoms. The average Bonchev–Trinajstić information content (AvgIpc) is 3.13. The normalized spacial score (nSPS) is 16.1. The third kappa shape index (κ3) is 4.69. The summed E-state index contributed by atoms with van der Waals surface area (Å²) in [5.41, 5.74) is 1.47. The maximum Gasteiger partial charge on any atom is 0.257 e. The molecule has 0 saturated carbocycles. The average molecular weight is 417 g/mol. The molecule has 0 N–H and O–H groups in total. The number of carbonyl (C=O) groups is 1. The molecule has 1 amide bonds. The van der Waals surface area contributed by atoms with Crippen LogP contribution in [0.5, 0.6) is 11.5 Å². The van der Waals surface area contributed by atoms with Crippen LogP contribution in [-0.2, 0) is 4.79 Å². The molecule has 0 aliphatic carbocycles. The van der Waals surface area contributed by atoms with Crippen LogP contribution in [0.3, 0.4) is 0 Å². The number of methoxy groups -OCH3 is 2. The predicted octanol–water partition coefficient (Wildman–Crippen LogP) is 4.89. The maximum absolute atomic E-state index is 13.1. The summed E-state index contributed by atoms with van der Waals surface area (Å²) in [5.74, 6) is 1.99. The Morgan fingerprint density at radius 3 is 2.57 bits per heavy atom. The molecule has 3 rings (SSSR count). The van der Waals surface area contributed by atoms with Crippen molar-refractivity contribution >= 4 is 46.2 Å². The Labute approximate surface area is 174 Å². The van der Waals surface area contributed by atoms with Gasteiger partial charge in [0.15, 0.2) is 5.17 Å². The van der Waals surface area contributed by atoms with E-state index in [1.165, 1.54) is 6.08 Å². The maximum atomic E-state index is 13.1. The topological polar surface area (TPSA) is 51.1 Å². The molecule has 2 aromatic rings. The molecule has 0 fully saturated rings.